The zero-order valence-corrected chi connectivity index (χ0v) is 32.7. The molecule has 8 nitrogen and oxygen atoms in total. The second-order valence-corrected chi connectivity index (χ2v) is 22.1. The summed E-state index contributed by atoms with van der Waals surface area (Å²) in [6, 6.07) is 5.41. The van der Waals surface area contributed by atoms with E-state index in [2.05, 4.69) is 0 Å². The van der Waals surface area contributed by atoms with Crippen molar-refractivity contribution in [2.24, 2.45) is 0 Å². The van der Waals surface area contributed by atoms with Crippen LogP contribution in [0.1, 0.15) is 106 Å². The second-order valence-electron chi connectivity index (χ2n) is 15.2. The summed E-state index contributed by atoms with van der Waals surface area (Å²) < 4.78 is 104. The second kappa shape index (κ2) is 16.8. The highest BCUT2D eigenvalue weighted by molar-refractivity contribution is 7.88. The van der Waals surface area contributed by atoms with Gasteiger partial charge in [0.05, 0.1) is 12.6 Å². The largest absolute Gasteiger partial charge is 0.543 e. The Morgan fingerprint density at radius 2 is 1.60 bits per heavy atom. The molecule has 1 unspecified atom stereocenters. The van der Waals surface area contributed by atoms with E-state index in [1.54, 1.807) is 11.0 Å². The fraction of sp³-hybridized carbons (Fsp3) is 0.694. The van der Waals surface area contributed by atoms with E-state index in [1.165, 1.54) is 12.1 Å². The van der Waals surface area contributed by atoms with E-state index in [1.807, 2.05) is 62.3 Å². The molecule has 1 atom stereocenters. The normalized spacial score (nSPS) is 16.7. The zero-order chi connectivity index (χ0) is 37.7. The maximum atomic E-state index is 15.4. The number of carbonyl (C=O) groups excluding carboxylic acids is 1. The lowest BCUT2D eigenvalue weighted by molar-refractivity contribution is -0.0499. The molecule has 0 saturated carbocycles. The standard InChI is InChI=1S/C36H55F4NO7SSi/c1-24(2)50(25(3)4,26(5)6)48-29-21-27-17-18-31(37)30(33(27)32(22-29)47-49(43,44)36(38,39)40)16-11-10-14-20-45-28-15-12-13-19-41(23-28)34(42)46-35(7,8)9/h17-18,21-22,24-26,28H,10-16,19-20,23H2,1-9H3. The van der Waals surface area contributed by atoms with E-state index >= 15 is 4.39 Å². The van der Waals surface area contributed by atoms with Crippen LogP contribution < -0.4 is 8.61 Å². The van der Waals surface area contributed by atoms with Gasteiger partial charge in [0.2, 0.25) is 0 Å². The van der Waals surface area contributed by atoms with E-state index in [9.17, 15) is 26.4 Å². The SMILES string of the molecule is CC(C)[Si](Oc1cc(OS(=O)(=O)C(F)(F)F)c2c(CCCCCOC3CCCCN(C(=O)OC(C)(C)C)C3)c(F)ccc2c1)(C(C)C)C(C)C. The highest BCUT2D eigenvalue weighted by Gasteiger charge is 2.50. The van der Waals surface area contributed by atoms with Crippen LogP contribution in [0.2, 0.25) is 16.6 Å². The highest BCUT2D eigenvalue weighted by atomic mass is 32.2. The van der Waals surface area contributed by atoms with Crippen molar-refractivity contribution in [1.82, 2.24) is 4.90 Å². The lowest BCUT2D eigenvalue weighted by Crippen LogP contribution is -2.50. The molecular weight excluding hydrogens is 695 g/mol. The molecule has 0 spiro atoms. The lowest BCUT2D eigenvalue weighted by Gasteiger charge is -2.42. The molecule has 0 N–H and O–H groups in total. The number of halogens is 4. The fourth-order valence-electron chi connectivity index (χ4n) is 7.10. The number of fused-ring (bicyclic) bond motifs is 1. The van der Waals surface area contributed by atoms with Crippen molar-refractivity contribution in [2.75, 3.05) is 19.7 Å². The van der Waals surface area contributed by atoms with Gasteiger partial charge in [0, 0.05) is 24.6 Å². The number of carbonyl (C=O) groups is 1. The van der Waals surface area contributed by atoms with Gasteiger partial charge in [0.15, 0.2) is 5.75 Å². The number of hydrogen-bond acceptors (Lipinski definition) is 7. The molecule has 1 amide bonds. The first-order chi connectivity index (χ1) is 23.1. The molecule has 2 aromatic carbocycles. The summed E-state index contributed by atoms with van der Waals surface area (Å²) in [5, 5.41) is 0.282. The van der Waals surface area contributed by atoms with Crippen molar-refractivity contribution in [2.45, 2.75) is 141 Å². The number of aryl methyl sites for hydroxylation is 1. The maximum Gasteiger partial charge on any atom is 0.534 e. The third-order valence-corrected chi connectivity index (χ3v) is 16.3. The number of amides is 1. The van der Waals surface area contributed by atoms with E-state index in [0.29, 0.717) is 44.3 Å². The van der Waals surface area contributed by atoms with Crippen LogP contribution in [0.15, 0.2) is 24.3 Å². The average molecular weight is 750 g/mol. The van der Waals surface area contributed by atoms with Crippen LogP contribution in [0.4, 0.5) is 22.4 Å². The number of rotatable bonds is 14. The predicted octanol–water partition coefficient (Wildman–Crippen LogP) is 10.3. The number of benzene rings is 2. The van der Waals surface area contributed by atoms with Gasteiger partial charge in [-0.2, -0.15) is 21.6 Å². The number of likely N-dealkylation sites (tertiary alicyclic amines) is 1. The molecule has 0 aromatic heterocycles. The molecule has 3 rings (SSSR count). The van der Waals surface area contributed by atoms with Gasteiger partial charge in [-0.15, -0.1) is 0 Å². The number of ether oxygens (including phenoxy) is 2. The summed E-state index contributed by atoms with van der Waals surface area (Å²) in [4.78, 5) is 14.3. The molecule has 1 saturated heterocycles. The first kappa shape index (κ1) is 41.8. The lowest BCUT2D eigenvalue weighted by atomic mass is 9.98. The van der Waals surface area contributed by atoms with Crippen molar-refractivity contribution in [3.8, 4) is 11.5 Å². The maximum absolute atomic E-state index is 15.4. The summed E-state index contributed by atoms with van der Waals surface area (Å²) in [6.07, 6.45) is 3.91. The van der Waals surface area contributed by atoms with Gasteiger partial charge in [-0.3, -0.25) is 0 Å². The van der Waals surface area contributed by atoms with Gasteiger partial charge < -0.3 is 23.0 Å². The Labute approximate surface area is 296 Å². The fourth-order valence-corrected chi connectivity index (χ4v) is 12.8. The molecule has 1 aliphatic rings. The zero-order valence-electron chi connectivity index (χ0n) is 30.9. The number of alkyl halides is 3. The topological polar surface area (TPSA) is 91.4 Å². The van der Waals surface area contributed by atoms with Crippen molar-refractivity contribution < 1.29 is 48.9 Å². The first-order valence-corrected chi connectivity index (χ1v) is 21.2. The minimum absolute atomic E-state index is 0.0342. The Hall–Kier alpha value is -2.58. The minimum Gasteiger partial charge on any atom is -0.543 e. The van der Waals surface area contributed by atoms with Gasteiger partial charge in [-0.05, 0) is 99.0 Å². The Bertz CT molecular complexity index is 1540. The molecule has 0 radical (unpaired) electrons. The van der Waals surface area contributed by atoms with Crippen molar-refractivity contribution >= 4 is 35.3 Å². The molecule has 2 aromatic rings. The Balaban J connectivity index is 1.82. The van der Waals surface area contributed by atoms with E-state index < -0.39 is 41.1 Å². The number of nitrogens with zero attached hydrogens (tertiary/aromatic N) is 1. The minimum atomic E-state index is -6.06. The Morgan fingerprint density at radius 1 is 0.960 bits per heavy atom. The van der Waals surface area contributed by atoms with Crippen LogP contribution in [-0.2, 0) is 26.0 Å². The van der Waals surface area contributed by atoms with Crippen LogP contribution in [0.5, 0.6) is 11.5 Å². The van der Waals surface area contributed by atoms with Crippen LogP contribution in [0.3, 0.4) is 0 Å². The van der Waals surface area contributed by atoms with Gasteiger partial charge in [0.1, 0.15) is 17.2 Å². The van der Waals surface area contributed by atoms with E-state index in [0.717, 1.165) is 25.3 Å². The smallest absolute Gasteiger partial charge is 0.534 e. The predicted molar refractivity (Wildman–Crippen MR) is 190 cm³/mol. The van der Waals surface area contributed by atoms with Gasteiger partial charge >= 0.3 is 21.7 Å². The highest BCUT2D eigenvalue weighted by Crippen LogP contribution is 2.45. The third kappa shape index (κ3) is 10.5. The molecule has 1 heterocycles. The Morgan fingerprint density at radius 3 is 2.18 bits per heavy atom. The number of hydrogen-bond donors (Lipinski definition) is 0. The first-order valence-electron chi connectivity index (χ1n) is 17.6. The monoisotopic (exact) mass is 749 g/mol. The molecule has 1 aliphatic heterocycles. The molecule has 284 valence electrons. The van der Waals surface area contributed by atoms with E-state index in [-0.39, 0.29) is 51.9 Å². The number of unbranched alkanes of at least 4 members (excludes halogenated alkanes) is 2. The van der Waals surface area contributed by atoms with Crippen molar-refractivity contribution in [1.29, 1.82) is 0 Å². The van der Waals surface area contributed by atoms with Gasteiger partial charge in [-0.1, -0.05) is 54.0 Å². The summed E-state index contributed by atoms with van der Waals surface area (Å²) in [6.45, 7) is 19.2. The van der Waals surface area contributed by atoms with Crippen molar-refractivity contribution in [3.63, 3.8) is 0 Å². The van der Waals surface area contributed by atoms with Crippen LogP contribution in [0, 0.1) is 5.82 Å². The molecule has 50 heavy (non-hydrogen) atoms. The molecule has 0 bridgehead atoms. The molecule has 0 aliphatic carbocycles. The van der Waals surface area contributed by atoms with Crippen molar-refractivity contribution in [3.05, 3.63) is 35.6 Å². The average Bonchev–Trinajstić information content (AvgIpc) is 3.22. The van der Waals surface area contributed by atoms with Gasteiger partial charge in [-0.25, -0.2) is 9.18 Å². The summed E-state index contributed by atoms with van der Waals surface area (Å²) in [5.74, 6) is -1.10. The Kier molecular flexibility index (Phi) is 14.1. The molecular formula is C36H55F4NO7SSi. The van der Waals surface area contributed by atoms with Gasteiger partial charge in [0.25, 0.3) is 8.32 Å². The summed E-state index contributed by atoms with van der Waals surface area (Å²) >= 11 is 0. The third-order valence-electron chi connectivity index (χ3n) is 9.29. The molecule has 1 fully saturated rings. The summed E-state index contributed by atoms with van der Waals surface area (Å²) in [7, 11) is -8.67. The van der Waals surface area contributed by atoms with Crippen LogP contribution in [0.25, 0.3) is 10.8 Å². The summed E-state index contributed by atoms with van der Waals surface area (Å²) in [5.41, 5.74) is -5.83. The van der Waals surface area contributed by atoms with Crippen LogP contribution in [-0.4, -0.2) is 64.6 Å². The quantitative estimate of drug-likeness (QED) is 0.0624. The van der Waals surface area contributed by atoms with E-state index in [4.69, 9.17) is 18.1 Å². The van der Waals surface area contributed by atoms with Crippen LogP contribution >= 0.6 is 0 Å². The molecule has 14 heteroatoms.